The van der Waals surface area contributed by atoms with Gasteiger partial charge in [0, 0.05) is 12.5 Å². The van der Waals surface area contributed by atoms with Crippen molar-refractivity contribution in [2.45, 2.75) is 18.6 Å². The van der Waals surface area contributed by atoms with Gasteiger partial charge >= 0.3 is 0 Å². The van der Waals surface area contributed by atoms with Crippen LogP contribution >= 0.6 is 11.8 Å². The Morgan fingerprint density at radius 2 is 1.96 bits per heavy atom. The molecule has 2 N–H and O–H groups in total. The van der Waals surface area contributed by atoms with Gasteiger partial charge in [0.1, 0.15) is 16.9 Å². The van der Waals surface area contributed by atoms with Crippen LogP contribution in [-0.2, 0) is 9.59 Å². The van der Waals surface area contributed by atoms with E-state index < -0.39 is 22.8 Å². The summed E-state index contributed by atoms with van der Waals surface area (Å²) in [6, 6.07) is 10.3. The molecule has 1 aliphatic rings. The summed E-state index contributed by atoms with van der Waals surface area (Å²) in [5.74, 6) is -2.48. The van der Waals surface area contributed by atoms with E-state index in [4.69, 9.17) is 0 Å². The second-order valence-electron chi connectivity index (χ2n) is 5.72. The van der Waals surface area contributed by atoms with E-state index in [2.05, 4.69) is 15.6 Å². The van der Waals surface area contributed by atoms with Crippen molar-refractivity contribution in [2.24, 2.45) is 4.99 Å². The molecule has 2 aromatic rings. The molecule has 1 aliphatic heterocycles. The Bertz CT molecular complexity index is 885. The van der Waals surface area contributed by atoms with E-state index in [1.807, 2.05) is 31.2 Å². The number of hydrogen-bond acceptors (Lipinski definition) is 4. The number of hydrogen-bond donors (Lipinski definition) is 2. The van der Waals surface area contributed by atoms with Crippen LogP contribution in [0.4, 0.5) is 20.2 Å². The number of thioether (sulfide) groups is 1. The van der Waals surface area contributed by atoms with Gasteiger partial charge in [-0.1, -0.05) is 29.5 Å². The zero-order valence-corrected chi connectivity index (χ0v) is 14.6. The predicted octanol–water partition coefficient (Wildman–Crippen LogP) is 3.52. The van der Waals surface area contributed by atoms with Gasteiger partial charge in [-0.15, -0.1) is 0 Å². The maximum absolute atomic E-state index is 13.6. The molecule has 134 valence electrons. The highest BCUT2D eigenvalue weighted by molar-refractivity contribution is 8.15. The summed E-state index contributed by atoms with van der Waals surface area (Å²) in [6.07, 6.45) is -0.153. The average molecular weight is 375 g/mol. The standard InChI is InChI=1S/C18H15F2N3O2S/c1-10-2-5-12(6-3-10)21-18-23-17(25)15(26-18)9-16(24)22-14-7-4-11(19)8-13(14)20/h2-8,15H,9H2,1H3,(H,22,24)(H,21,23,25)/t15-/m0/s1. The smallest absolute Gasteiger partial charge is 0.240 e. The molecule has 0 saturated carbocycles. The molecule has 2 aromatic carbocycles. The third-order valence-electron chi connectivity index (χ3n) is 3.62. The number of amidine groups is 1. The Balaban J connectivity index is 1.62. The average Bonchev–Trinajstić information content (AvgIpc) is 2.91. The molecule has 5 nitrogen and oxygen atoms in total. The minimum absolute atomic E-state index is 0.131. The van der Waals surface area contributed by atoms with Crippen molar-refractivity contribution in [1.82, 2.24) is 5.32 Å². The van der Waals surface area contributed by atoms with Gasteiger partial charge in [0.25, 0.3) is 0 Å². The molecule has 0 aromatic heterocycles. The number of benzene rings is 2. The number of aliphatic imine (C=N–C) groups is 1. The normalized spacial score (nSPS) is 18.0. The summed E-state index contributed by atoms with van der Waals surface area (Å²) in [5.41, 5.74) is 1.66. The second kappa shape index (κ2) is 7.65. The van der Waals surface area contributed by atoms with E-state index in [1.165, 1.54) is 0 Å². The summed E-state index contributed by atoms with van der Waals surface area (Å²) < 4.78 is 26.5. The van der Waals surface area contributed by atoms with E-state index in [1.54, 1.807) is 0 Å². The topological polar surface area (TPSA) is 70.6 Å². The highest BCUT2D eigenvalue weighted by atomic mass is 32.2. The number of anilines is 1. The minimum Gasteiger partial charge on any atom is -0.324 e. The molecule has 8 heteroatoms. The van der Waals surface area contributed by atoms with Gasteiger partial charge in [-0.2, -0.15) is 0 Å². The Hall–Kier alpha value is -2.74. The van der Waals surface area contributed by atoms with Gasteiger partial charge < -0.3 is 10.6 Å². The van der Waals surface area contributed by atoms with Crippen LogP contribution in [-0.4, -0.2) is 22.2 Å². The van der Waals surface area contributed by atoms with Crippen molar-refractivity contribution >= 4 is 40.1 Å². The summed E-state index contributed by atoms with van der Waals surface area (Å²) >= 11 is 1.14. The Morgan fingerprint density at radius 3 is 2.65 bits per heavy atom. The first-order chi connectivity index (χ1) is 12.4. The highest BCUT2D eigenvalue weighted by Crippen LogP contribution is 2.26. The minimum atomic E-state index is -0.872. The van der Waals surface area contributed by atoms with Crippen molar-refractivity contribution in [3.8, 4) is 0 Å². The lowest BCUT2D eigenvalue weighted by Gasteiger charge is -2.08. The summed E-state index contributed by atoms with van der Waals surface area (Å²) in [6.45, 7) is 1.96. The third kappa shape index (κ3) is 4.45. The molecule has 0 unspecified atom stereocenters. The molecule has 26 heavy (non-hydrogen) atoms. The van der Waals surface area contributed by atoms with Gasteiger partial charge in [-0.25, -0.2) is 13.8 Å². The highest BCUT2D eigenvalue weighted by Gasteiger charge is 2.32. The van der Waals surface area contributed by atoms with Crippen LogP contribution in [0.15, 0.2) is 47.5 Å². The van der Waals surface area contributed by atoms with Crippen molar-refractivity contribution in [2.75, 3.05) is 5.32 Å². The van der Waals surface area contributed by atoms with Crippen molar-refractivity contribution < 1.29 is 18.4 Å². The number of nitrogens with zero attached hydrogens (tertiary/aromatic N) is 1. The predicted molar refractivity (Wildman–Crippen MR) is 97.4 cm³/mol. The number of halogens is 2. The summed E-state index contributed by atoms with van der Waals surface area (Å²) in [5, 5.41) is 4.71. The first kappa shape index (κ1) is 18.1. The molecule has 1 fully saturated rings. The Morgan fingerprint density at radius 1 is 1.23 bits per heavy atom. The summed E-state index contributed by atoms with van der Waals surface area (Å²) in [4.78, 5) is 28.4. The maximum Gasteiger partial charge on any atom is 0.240 e. The molecular weight excluding hydrogens is 360 g/mol. The molecule has 0 bridgehead atoms. The second-order valence-corrected chi connectivity index (χ2v) is 6.92. The van der Waals surface area contributed by atoms with E-state index in [0.29, 0.717) is 16.9 Å². The van der Waals surface area contributed by atoms with Crippen LogP contribution in [0.1, 0.15) is 12.0 Å². The molecule has 1 heterocycles. The maximum atomic E-state index is 13.6. The summed E-state index contributed by atoms with van der Waals surface area (Å²) in [7, 11) is 0. The SMILES string of the molecule is Cc1ccc(N=C2NC(=O)[C@H](CC(=O)Nc3ccc(F)cc3F)S2)cc1. The first-order valence-electron chi connectivity index (χ1n) is 7.78. The van der Waals surface area contributed by atoms with Gasteiger partial charge in [-0.05, 0) is 31.2 Å². The van der Waals surface area contributed by atoms with E-state index in [0.717, 1.165) is 29.5 Å². The van der Waals surface area contributed by atoms with Crippen LogP contribution in [0, 0.1) is 18.6 Å². The fourth-order valence-corrected chi connectivity index (χ4v) is 3.28. The lowest BCUT2D eigenvalue weighted by Crippen LogP contribution is -2.28. The van der Waals surface area contributed by atoms with Crippen molar-refractivity contribution in [1.29, 1.82) is 0 Å². The van der Waals surface area contributed by atoms with Crippen molar-refractivity contribution in [3.05, 3.63) is 59.7 Å². The lowest BCUT2D eigenvalue weighted by atomic mass is 10.2. The van der Waals surface area contributed by atoms with Crippen LogP contribution in [0.25, 0.3) is 0 Å². The molecule has 0 radical (unpaired) electrons. The molecule has 1 atom stereocenters. The first-order valence-corrected chi connectivity index (χ1v) is 8.66. The zero-order valence-electron chi connectivity index (χ0n) is 13.8. The number of carbonyl (C=O) groups excluding carboxylic acids is 2. The van der Waals surface area contributed by atoms with Crippen LogP contribution < -0.4 is 10.6 Å². The zero-order chi connectivity index (χ0) is 18.7. The molecule has 1 saturated heterocycles. The third-order valence-corrected chi connectivity index (χ3v) is 4.70. The molecular formula is C18H15F2N3O2S. The van der Waals surface area contributed by atoms with Crippen LogP contribution in [0.5, 0.6) is 0 Å². The number of rotatable bonds is 4. The molecule has 2 amide bonds. The van der Waals surface area contributed by atoms with Gasteiger partial charge in [0.15, 0.2) is 5.17 Å². The monoisotopic (exact) mass is 375 g/mol. The quantitative estimate of drug-likeness (QED) is 0.859. The van der Waals surface area contributed by atoms with E-state index in [-0.39, 0.29) is 18.0 Å². The van der Waals surface area contributed by atoms with Gasteiger partial charge in [0.05, 0.1) is 11.4 Å². The van der Waals surface area contributed by atoms with E-state index in [9.17, 15) is 18.4 Å². The molecule has 0 aliphatic carbocycles. The van der Waals surface area contributed by atoms with Crippen LogP contribution in [0.2, 0.25) is 0 Å². The van der Waals surface area contributed by atoms with Crippen LogP contribution in [0.3, 0.4) is 0 Å². The van der Waals surface area contributed by atoms with Gasteiger partial charge in [0.2, 0.25) is 11.8 Å². The largest absolute Gasteiger partial charge is 0.324 e. The fraction of sp³-hybridized carbons (Fsp3) is 0.167. The Kier molecular flexibility index (Phi) is 5.32. The molecule has 0 spiro atoms. The van der Waals surface area contributed by atoms with E-state index >= 15 is 0 Å². The van der Waals surface area contributed by atoms with Crippen molar-refractivity contribution in [3.63, 3.8) is 0 Å². The fourth-order valence-electron chi connectivity index (χ4n) is 2.29. The molecule has 3 rings (SSSR count). The van der Waals surface area contributed by atoms with Gasteiger partial charge in [-0.3, -0.25) is 9.59 Å². The number of amides is 2. The number of nitrogens with one attached hydrogen (secondary N) is 2. The number of aryl methyl sites for hydroxylation is 1. The number of carbonyl (C=O) groups is 2. The Labute approximate surface area is 152 Å². The lowest BCUT2D eigenvalue weighted by molar-refractivity contribution is -0.122.